The second kappa shape index (κ2) is 7.05. The van der Waals surface area contributed by atoms with E-state index in [4.69, 9.17) is 4.74 Å². The predicted molar refractivity (Wildman–Crippen MR) is 110 cm³/mol. The van der Waals surface area contributed by atoms with E-state index in [0.29, 0.717) is 12.0 Å². The molecule has 0 radical (unpaired) electrons. The zero-order chi connectivity index (χ0) is 18.1. The lowest BCUT2D eigenvalue weighted by Gasteiger charge is -2.08. The lowest BCUT2D eigenvalue weighted by atomic mass is 10.1. The predicted octanol–water partition coefficient (Wildman–Crippen LogP) is 5.28. The summed E-state index contributed by atoms with van der Waals surface area (Å²) in [4.78, 5) is 18.4. The van der Waals surface area contributed by atoms with Gasteiger partial charge in [-0.1, -0.05) is 28.1 Å². The van der Waals surface area contributed by atoms with Crippen LogP contribution in [0.2, 0.25) is 0 Å². The average molecular weight is 427 g/mol. The Morgan fingerprint density at radius 1 is 1.12 bits per heavy atom. The monoisotopic (exact) mass is 426 g/mol. The number of halogens is 1. The highest BCUT2D eigenvalue weighted by Crippen LogP contribution is 2.31. The fraction of sp³-hybridized carbons (Fsp3) is 0.100. The zero-order valence-electron chi connectivity index (χ0n) is 14.0. The van der Waals surface area contributed by atoms with Crippen LogP contribution in [0.4, 0.5) is 0 Å². The third-order valence-corrected chi connectivity index (χ3v) is 5.49. The molecule has 4 rings (SSSR count). The van der Waals surface area contributed by atoms with Crippen molar-refractivity contribution in [1.29, 1.82) is 0 Å². The number of hydrogen-bond donors (Lipinski definition) is 0. The minimum Gasteiger partial charge on any atom is -0.494 e. The molecule has 0 atom stereocenters. The van der Waals surface area contributed by atoms with Gasteiger partial charge < -0.3 is 4.74 Å². The number of nitrogens with zero attached hydrogens (tertiary/aromatic N) is 2. The minimum absolute atomic E-state index is 0.0710. The van der Waals surface area contributed by atoms with Crippen molar-refractivity contribution in [3.05, 3.63) is 75.1 Å². The van der Waals surface area contributed by atoms with Crippen LogP contribution in [0.25, 0.3) is 27.0 Å². The van der Waals surface area contributed by atoms with Gasteiger partial charge in [0, 0.05) is 15.4 Å². The normalized spacial score (nSPS) is 11.0. The number of thiophene rings is 1. The molecule has 4 nitrogen and oxygen atoms in total. The van der Waals surface area contributed by atoms with Gasteiger partial charge in [0.2, 0.25) is 0 Å². The maximum atomic E-state index is 13.2. The summed E-state index contributed by atoms with van der Waals surface area (Å²) in [7, 11) is 0. The molecule has 2 aromatic heterocycles. The molecule has 0 spiro atoms. The molecule has 0 fully saturated rings. The topological polar surface area (TPSA) is 44.1 Å². The van der Waals surface area contributed by atoms with Crippen LogP contribution in [0.15, 0.2) is 69.5 Å². The van der Waals surface area contributed by atoms with Crippen molar-refractivity contribution in [2.45, 2.75) is 6.92 Å². The highest BCUT2D eigenvalue weighted by atomic mass is 79.9. The van der Waals surface area contributed by atoms with Crippen molar-refractivity contribution < 1.29 is 4.74 Å². The molecule has 0 saturated heterocycles. The Balaban J connectivity index is 1.85. The molecule has 0 amide bonds. The molecule has 0 aliphatic heterocycles. The molecule has 6 heteroatoms. The zero-order valence-corrected chi connectivity index (χ0v) is 16.4. The van der Waals surface area contributed by atoms with Gasteiger partial charge in [0.15, 0.2) is 0 Å². The number of hydrogen-bond acceptors (Lipinski definition) is 4. The van der Waals surface area contributed by atoms with Crippen molar-refractivity contribution >= 4 is 37.5 Å². The van der Waals surface area contributed by atoms with Crippen LogP contribution in [0.1, 0.15) is 6.92 Å². The maximum Gasteiger partial charge on any atom is 0.267 e. The van der Waals surface area contributed by atoms with Gasteiger partial charge >= 0.3 is 0 Å². The molecule has 0 bridgehead atoms. The van der Waals surface area contributed by atoms with Crippen molar-refractivity contribution in [1.82, 2.24) is 9.55 Å². The first-order valence-electron chi connectivity index (χ1n) is 8.15. The van der Waals surface area contributed by atoms with Crippen molar-refractivity contribution in [2.75, 3.05) is 6.61 Å². The summed E-state index contributed by atoms with van der Waals surface area (Å²) in [5, 5.41) is 2.64. The SMILES string of the molecule is CCOc1ccc(-n2cnc3scc(-c4ccc(Br)cc4)c3c2=O)cc1. The van der Waals surface area contributed by atoms with E-state index in [1.54, 1.807) is 10.9 Å². The molecule has 0 unspecified atom stereocenters. The molecular formula is C20H15BrN2O2S. The Kier molecular flexibility index (Phi) is 4.61. The van der Waals surface area contributed by atoms with E-state index in [9.17, 15) is 4.79 Å². The molecule has 0 saturated carbocycles. The highest BCUT2D eigenvalue weighted by Gasteiger charge is 2.14. The second-order valence-electron chi connectivity index (χ2n) is 5.68. The molecule has 130 valence electrons. The van der Waals surface area contributed by atoms with Crippen molar-refractivity contribution in [2.24, 2.45) is 0 Å². The molecule has 2 aromatic carbocycles. The van der Waals surface area contributed by atoms with E-state index in [-0.39, 0.29) is 5.56 Å². The van der Waals surface area contributed by atoms with Gasteiger partial charge in [0.1, 0.15) is 16.9 Å². The first kappa shape index (κ1) is 17.0. The van der Waals surface area contributed by atoms with E-state index in [2.05, 4.69) is 20.9 Å². The number of fused-ring (bicyclic) bond motifs is 1. The minimum atomic E-state index is -0.0710. The van der Waals surface area contributed by atoms with E-state index in [1.807, 2.05) is 60.8 Å². The van der Waals surface area contributed by atoms with E-state index >= 15 is 0 Å². The Morgan fingerprint density at radius 2 is 1.85 bits per heavy atom. The number of aromatic nitrogens is 2. The fourth-order valence-corrected chi connectivity index (χ4v) is 4.00. The molecular weight excluding hydrogens is 412 g/mol. The average Bonchev–Trinajstić information content (AvgIpc) is 3.09. The van der Waals surface area contributed by atoms with Gasteiger partial charge in [-0.2, -0.15) is 0 Å². The number of ether oxygens (including phenoxy) is 1. The lowest BCUT2D eigenvalue weighted by Crippen LogP contribution is -2.18. The summed E-state index contributed by atoms with van der Waals surface area (Å²) in [5.41, 5.74) is 2.61. The molecule has 0 aliphatic rings. The van der Waals surface area contributed by atoms with Crippen LogP contribution in [0.5, 0.6) is 5.75 Å². The molecule has 26 heavy (non-hydrogen) atoms. The van der Waals surface area contributed by atoms with Gasteiger partial charge in [-0.15, -0.1) is 11.3 Å². The van der Waals surface area contributed by atoms with Crippen molar-refractivity contribution in [3.8, 4) is 22.6 Å². The third-order valence-electron chi connectivity index (χ3n) is 4.08. The largest absolute Gasteiger partial charge is 0.494 e. The summed E-state index contributed by atoms with van der Waals surface area (Å²) < 4.78 is 8.05. The van der Waals surface area contributed by atoms with Crippen LogP contribution in [0, 0.1) is 0 Å². The molecule has 0 N–H and O–H groups in total. The van der Waals surface area contributed by atoms with Gasteiger partial charge in [-0.05, 0) is 48.9 Å². The molecule has 0 aliphatic carbocycles. The first-order valence-corrected chi connectivity index (χ1v) is 9.82. The standard InChI is InChI=1S/C20H15BrN2O2S/c1-2-25-16-9-7-15(8-10-16)23-12-22-19-18(20(23)24)17(11-26-19)13-3-5-14(21)6-4-13/h3-12H,2H2,1H3. The number of benzene rings is 2. The van der Waals surface area contributed by atoms with Crippen LogP contribution in [-0.2, 0) is 0 Å². The Bertz CT molecular complexity index is 1120. The van der Waals surface area contributed by atoms with Gasteiger partial charge in [-0.25, -0.2) is 4.98 Å². The van der Waals surface area contributed by atoms with Gasteiger partial charge in [0.25, 0.3) is 5.56 Å². The number of rotatable bonds is 4. The lowest BCUT2D eigenvalue weighted by molar-refractivity contribution is 0.340. The first-order chi connectivity index (χ1) is 12.7. The quantitative estimate of drug-likeness (QED) is 0.446. The summed E-state index contributed by atoms with van der Waals surface area (Å²) >= 11 is 4.93. The van der Waals surface area contributed by atoms with Crippen LogP contribution < -0.4 is 10.3 Å². The Labute approximate surface area is 162 Å². The summed E-state index contributed by atoms with van der Waals surface area (Å²) in [6.07, 6.45) is 1.59. The smallest absolute Gasteiger partial charge is 0.267 e. The van der Waals surface area contributed by atoms with Crippen LogP contribution in [-0.4, -0.2) is 16.2 Å². The molecule has 2 heterocycles. The molecule has 4 aromatic rings. The maximum absolute atomic E-state index is 13.2. The Hall–Kier alpha value is -2.44. The van der Waals surface area contributed by atoms with Crippen molar-refractivity contribution in [3.63, 3.8) is 0 Å². The highest BCUT2D eigenvalue weighted by molar-refractivity contribution is 9.10. The third kappa shape index (κ3) is 3.06. The Morgan fingerprint density at radius 3 is 2.54 bits per heavy atom. The summed E-state index contributed by atoms with van der Waals surface area (Å²) in [5.74, 6) is 0.782. The van der Waals surface area contributed by atoms with Gasteiger partial charge in [-0.3, -0.25) is 9.36 Å². The van der Waals surface area contributed by atoms with Crippen LogP contribution in [0.3, 0.4) is 0 Å². The summed E-state index contributed by atoms with van der Waals surface area (Å²) in [6, 6.07) is 15.4. The van der Waals surface area contributed by atoms with E-state index in [0.717, 1.165) is 31.9 Å². The van der Waals surface area contributed by atoms with E-state index < -0.39 is 0 Å². The van der Waals surface area contributed by atoms with E-state index in [1.165, 1.54) is 11.3 Å². The van der Waals surface area contributed by atoms with Gasteiger partial charge in [0.05, 0.1) is 17.7 Å². The summed E-state index contributed by atoms with van der Waals surface area (Å²) in [6.45, 7) is 2.55. The fourth-order valence-electron chi connectivity index (χ4n) is 2.83. The van der Waals surface area contributed by atoms with Crippen LogP contribution >= 0.6 is 27.3 Å². The second-order valence-corrected chi connectivity index (χ2v) is 7.46.